The van der Waals surface area contributed by atoms with E-state index >= 15 is 0 Å². The summed E-state index contributed by atoms with van der Waals surface area (Å²) in [4.78, 5) is 4.49. The van der Waals surface area contributed by atoms with E-state index < -0.39 is 0 Å². The van der Waals surface area contributed by atoms with E-state index in [4.69, 9.17) is 0 Å². The second-order valence-electron chi connectivity index (χ2n) is 4.95. The molecule has 5 heteroatoms. The number of hydrogen-bond donors (Lipinski definition) is 2. The van der Waals surface area contributed by atoms with E-state index in [-0.39, 0.29) is 12.1 Å². The number of nitrogens with zero attached hydrogens (tertiary/aromatic N) is 3. The predicted molar refractivity (Wildman–Crippen MR) is 72.6 cm³/mol. The van der Waals surface area contributed by atoms with E-state index in [1.54, 1.807) is 0 Å². The minimum atomic E-state index is -0.194. The molecule has 1 atom stereocenters. The van der Waals surface area contributed by atoms with Crippen molar-refractivity contribution in [3.63, 3.8) is 0 Å². The van der Waals surface area contributed by atoms with Gasteiger partial charge in [0.05, 0.1) is 6.61 Å². The molecule has 1 aromatic rings. The summed E-state index contributed by atoms with van der Waals surface area (Å²) in [6.45, 7) is 7.23. The fourth-order valence-corrected chi connectivity index (χ4v) is 1.92. The number of aryl methyl sites for hydroxylation is 3. The second kappa shape index (κ2) is 6.85. The zero-order valence-electron chi connectivity index (χ0n) is 12.0. The van der Waals surface area contributed by atoms with Gasteiger partial charge < -0.3 is 10.4 Å². The summed E-state index contributed by atoms with van der Waals surface area (Å²) in [5.74, 6) is 1.98. The van der Waals surface area contributed by atoms with Crippen LogP contribution >= 0.6 is 0 Å². The maximum atomic E-state index is 9.33. The first-order valence-electron chi connectivity index (χ1n) is 6.81. The Kier molecular flexibility index (Phi) is 5.75. The van der Waals surface area contributed by atoms with Gasteiger partial charge >= 0.3 is 0 Å². The molecule has 0 bridgehead atoms. The van der Waals surface area contributed by atoms with Crippen molar-refractivity contribution in [3.8, 4) is 0 Å². The molecule has 2 N–H and O–H groups in total. The Hall–Kier alpha value is -0.940. The van der Waals surface area contributed by atoms with Crippen LogP contribution in [0, 0.1) is 0 Å². The molecule has 0 spiro atoms. The lowest BCUT2D eigenvalue weighted by Gasteiger charge is -2.26. The van der Waals surface area contributed by atoms with Gasteiger partial charge in [0.1, 0.15) is 5.82 Å². The van der Waals surface area contributed by atoms with Crippen LogP contribution in [0.15, 0.2) is 0 Å². The Morgan fingerprint density at radius 2 is 2.06 bits per heavy atom. The molecule has 0 radical (unpaired) electrons. The summed E-state index contributed by atoms with van der Waals surface area (Å²) in [6, 6.07) is 0. The van der Waals surface area contributed by atoms with Crippen LogP contribution in [0.4, 0.5) is 0 Å². The maximum Gasteiger partial charge on any atom is 0.150 e. The molecule has 1 unspecified atom stereocenters. The number of rotatable bonds is 8. The van der Waals surface area contributed by atoms with Gasteiger partial charge in [-0.2, -0.15) is 5.10 Å². The first kappa shape index (κ1) is 15.1. The van der Waals surface area contributed by atoms with Gasteiger partial charge in [0.25, 0.3) is 0 Å². The van der Waals surface area contributed by atoms with Crippen LogP contribution < -0.4 is 5.32 Å². The molecule has 1 aromatic heterocycles. The number of aliphatic hydroxyl groups excluding tert-OH is 1. The molecule has 0 amide bonds. The van der Waals surface area contributed by atoms with E-state index in [2.05, 4.69) is 29.2 Å². The third-order valence-electron chi connectivity index (χ3n) is 3.48. The van der Waals surface area contributed by atoms with Crippen LogP contribution in [0.5, 0.6) is 0 Å². The zero-order chi connectivity index (χ0) is 13.6. The van der Waals surface area contributed by atoms with Gasteiger partial charge in [0.2, 0.25) is 0 Å². The molecule has 18 heavy (non-hydrogen) atoms. The number of hydrogen-bond acceptors (Lipinski definition) is 4. The fourth-order valence-electron chi connectivity index (χ4n) is 1.92. The maximum absolute atomic E-state index is 9.33. The molecule has 0 aliphatic carbocycles. The molecule has 0 saturated heterocycles. The Bertz CT molecular complexity index is 358. The molecule has 0 aliphatic heterocycles. The number of aliphatic hydroxyl groups is 1. The summed E-state index contributed by atoms with van der Waals surface area (Å²) in [5, 5.41) is 17.0. The molecule has 104 valence electrons. The monoisotopic (exact) mass is 254 g/mol. The fraction of sp³-hybridized carbons (Fsp3) is 0.846. The van der Waals surface area contributed by atoms with E-state index in [0.29, 0.717) is 0 Å². The van der Waals surface area contributed by atoms with Gasteiger partial charge in [-0.05, 0) is 26.8 Å². The van der Waals surface area contributed by atoms with Gasteiger partial charge in [-0.25, -0.2) is 9.67 Å². The van der Waals surface area contributed by atoms with E-state index in [9.17, 15) is 5.11 Å². The van der Waals surface area contributed by atoms with Crippen molar-refractivity contribution in [1.82, 2.24) is 20.1 Å². The lowest BCUT2D eigenvalue weighted by molar-refractivity contribution is 0.169. The Morgan fingerprint density at radius 1 is 1.33 bits per heavy atom. The smallest absolute Gasteiger partial charge is 0.150 e. The molecule has 5 nitrogen and oxygen atoms in total. The number of nitrogens with one attached hydrogen (secondary N) is 1. The van der Waals surface area contributed by atoms with Crippen LogP contribution in [0.2, 0.25) is 0 Å². The summed E-state index contributed by atoms with van der Waals surface area (Å²) in [5.41, 5.74) is -0.194. The highest BCUT2D eigenvalue weighted by Gasteiger charge is 2.20. The number of likely N-dealkylation sites (N-methyl/N-ethyl adjacent to an activating group) is 1. The normalized spacial score (nSPS) is 14.7. The molecule has 0 fully saturated rings. The van der Waals surface area contributed by atoms with Gasteiger partial charge in [0, 0.05) is 24.9 Å². The lowest BCUT2D eigenvalue weighted by Crippen LogP contribution is -2.43. The Morgan fingerprint density at radius 3 is 2.56 bits per heavy atom. The summed E-state index contributed by atoms with van der Waals surface area (Å²) < 4.78 is 2.01. The molecule has 1 rings (SSSR count). The molecule has 1 heterocycles. The van der Waals surface area contributed by atoms with Crippen LogP contribution in [-0.2, 0) is 19.4 Å². The topological polar surface area (TPSA) is 63.0 Å². The average Bonchev–Trinajstić information content (AvgIpc) is 2.81. The molecule has 0 aromatic carbocycles. The Labute approximate surface area is 110 Å². The van der Waals surface area contributed by atoms with E-state index in [1.807, 2.05) is 18.7 Å². The molecule has 0 saturated carbocycles. The van der Waals surface area contributed by atoms with Crippen molar-refractivity contribution >= 4 is 0 Å². The van der Waals surface area contributed by atoms with Gasteiger partial charge in [-0.3, -0.25) is 0 Å². The third-order valence-corrected chi connectivity index (χ3v) is 3.48. The first-order chi connectivity index (χ1) is 8.58. The van der Waals surface area contributed by atoms with E-state index in [1.165, 1.54) is 0 Å². The van der Waals surface area contributed by atoms with Crippen molar-refractivity contribution in [3.05, 3.63) is 11.6 Å². The van der Waals surface area contributed by atoms with Gasteiger partial charge in [-0.15, -0.1) is 0 Å². The quantitative estimate of drug-likeness (QED) is 0.730. The minimum absolute atomic E-state index is 0.154. The van der Waals surface area contributed by atoms with Gasteiger partial charge in [0.15, 0.2) is 5.82 Å². The SMILES string of the molecule is CCc1nc(CC)n(CCCC(C)(CO)NC)n1. The van der Waals surface area contributed by atoms with Crippen molar-refractivity contribution in [1.29, 1.82) is 0 Å². The average molecular weight is 254 g/mol. The van der Waals surface area contributed by atoms with Crippen molar-refractivity contribution in [2.24, 2.45) is 0 Å². The molecular weight excluding hydrogens is 228 g/mol. The largest absolute Gasteiger partial charge is 0.394 e. The van der Waals surface area contributed by atoms with Crippen molar-refractivity contribution in [2.75, 3.05) is 13.7 Å². The first-order valence-corrected chi connectivity index (χ1v) is 6.81. The summed E-state index contributed by atoms with van der Waals surface area (Å²) in [6.07, 6.45) is 3.70. The zero-order valence-corrected chi connectivity index (χ0v) is 12.0. The van der Waals surface area contributed by atoms with Crippen LogP contribution in [0.3, 0.4) is 0 Å². The lowest BCUT2D eigenvalue weighted by atomic mass is 9.97. The highest BCUT2D eigenvalue weighted by atomic mass is 16.3. The summed E-state index contributed by atoms with van der Waals surface area (Å²) in [7, 11) is 1.89. The molecular formula is C13H26N4O. The molecule has 0 aliphatic rings. The standard InChI is InChI=1S/C13H26N4O/c1-5-11-15-12(6-2)17(16-11)9-7-8-13(3,10-18)14-4/h14,18H,5-10H2,1-4H3. The highest BCUT2D eigenvalue weighted by molar-refractivity contribution is 4.92. The van der Waals surface area contributed by atoms with Crippen LogP contribution in [0.1, 0.15) is 45.3 Å². The minimum Gasteiger partial charge on any atom is -0.394 e. The van der Waals surface area contributed by atoms with E-state index in [0.717, 1.165) is 43.9 Å². The second-order valence-corrected chi connectivity index (χ2v) is 4.95. The Balaban J connectivity index is 2.55. The highest BCUT2D eigenvalue weighted by Crippen LogP contribution is 2.12. The predicted octanol–water partition coefficient (Wildman–Crippen LogP) is 1.15. The number of aromatic nitrogens is 3. The van der Waals surface area contributed by atoms with Crippen molar-refractivity contribution in [2.45, 2.75) is 58.5 Å². The van der Waals surface area contributed by atoms with Crippen LogP contribution in [-0.4, -0.2) is 39.1 Å². The summed E-state index contributed by atoms with van der Waals surface area (Å²) >= 11 is 0. The van der Waals surface area contributed by atoms with Gasteiger partial charge in [-0.1, -0.05) is 13.8 Å². The van der Waals surface area contributed by atoms with Crippen LogP contribution in [0.25, 0.3) is 0 Å². The third kappa shape index (κ3) is 3.78. The van der Waals surface area contributed by atoms with Crippen molar-refractivity contribution < 1.29 is 5.11 Å².